The number of carbonyl (C=O) groups is 2. The normalized spacial score (nSPS) is 16.4. The summed E-state index contributed by atoms with van der Waals surface area (Å²) in [5.41, 5.74) is 1.10. The summed E-state index contributed by atoms with van der Waals surface area (Å²) >= 11 is 1.12. The van der Waals surface area contributed by atoms with E-state index >= 15 is 0 Å². The summed E-state index contributed by atoms with van der Waals surface area (Å²) in [6.45, 7) is 0. The predicted molar refractivity (Wildman–Crippen MR) is 132 cm³/mol. The number of furan rings is 1. The molecule has 0 bridgehead atoms. The number of nitrogens with one attached hydrogen (secondary N) is 2. The van der Waals surface area contributed by atoms with E-state index in [1.165, 1.54) is 31.5 Å². The van der Waals surface area contributed by atoms with Gasteiger partial charge in [0, 0.05) is 18.2 Å². The van der Waals surface area contributed by atoms with Gasteiger partial charge in [-0.25, -0.2) is 0 Å². The molecule has 1 aromatic heterocycles. The Morgan fingerprint density at radius 3 is 2.80 bits per heavy atom. The molecule has 1 aliphatic heterocycles. The van der Waals surface area contributed by atoms with Crippen LogP contribution in [0.5, 0.6) is 5.75 Å². The number of anilines is 1. The number of non-ortho nitro benzene ring substituents is 1. The van der Waals surface area contributed by atoms with Crippen LogP contribution in [0.4, 0.5) is 11.4 Å². The Morgan fingerprint density at radius 2 is 2.06 bits per heavy atom. The maximum absolute atomic E-state index is 12.2. The van der Waals surface area contributed by atoms with E-state index in [0.717, 1.165) is 11.8 Å². The molecule has 11 nitrogen and oxygen atoms in total. The number of carbonyl (C=O) groups excluding carboxylic acids is 2. The van der Waals surface area contributed by atoms with Gasteiger partial charge in [0.25, 0.3) is 5.69 Å². The zero-order chi connectivity index (χ0) is 24.8. The molecule has 3 aromatic rings. The minimum atomic E-state index is -0.613. The van der Waals surface area contributed by atoms with Crippen LogP contribution in [0.25, 0.3) is 11.3 Å². The number of nitrogens with zero attached hydrogens (tertiary/aromatic N) is 3. The highest BCUT2D eigenvalue weighted by Gasteiger charge is 2.32. The molecule has 0 radical (unpaired) electrons. The van der Waals surface area contributed by atoms with E-state index in [2.05, 4.69) is 20.8 Å². The third kappa shape index (κ3) is 5.92. The molecule has 0 unspecified atom stereocenters. The van der Waals surface area contributed by atoms with E-state index in [-0.39, 0.29) is 29.1 Å². The van der Waals surface area contributed by atoms with Gasteiger partial charge < -0.3 is 19.8 Å². The van der Waals surface area contributed by atoms with Gasteiger partial charge in [-0.1, -0.05) is 30.0 Å². The Kier molecular flexibility index (Phi) is 7.21. The van der Waals surface area contributed by atoms with Gasteiger partial charge >= 0.3 is 0 Å². The van der Waals surface area contributed by atoms with Crippen LogP contribution in [0.2, 0.25) is 0 Å². The van der Waals surface area contributed by atoms with Crippen LogP contribution in [0.15, 0.2) is 75.3 Å². The first-order chi connectivity index (χ1) is 16.9. The van der Waals surface area contributed by atoms with Crippen molar-refractivity contribution in [3.8, 4) is 17.1 Å². The van der Waals surface area contributed by atoms with Gasteiger partial charge in [-0.05, 0) is 30.3 Å². The number of ether oxygens (including phenoxy) is 1. The monoisotopic (exact) mass is 493 g/mol. The number of para-hydroxylation sites is 1. The molecule has 1 aliphatic rings. The van der Waals surface area contributed by atoms with Crippen molar-refractivity contribution in [1.82, 2.24) is 5.32 Å². The highest BCUT2D eigenvalue weighted by atomic mass is 32.2. The van der Waals surface area contributed by atoms with Crippen molar-refractivity contribution in [2.75, 3.05) is 12.4 Å². The average Bonchev–Trinajstić information content (AvgIpc) is 3.45. The maximum atomic E-state index is 12.2. The van der Waals surface area contributed by atoms with Gasteiger partial charge in [0.15, 0.2) is 5.17 Å². The number of hydrogen-bond acceptors (Lipinski definition) is 9. The van der Waals surface area contributed by atoms with Crippen LogP contribution >= 0.6 is 11.8 Å². The average molecular weight is 494 g/mol. The fourth-order valence-electron chi connectivity index (χ4n) is 3.19. The highest BCUT2D eigenvalue weighted by molar-refractivity contribution is 8.15. The van der Waals surface area contributed by atoms with Crippen molar-refractivity contribution < 1.29 is 23.7 Å². The number of amidine groups is 1. The summed E-state index contributed by atoms with van der Waals surface area (Å²) < 4.78 is 11.0. The van der Waals surface area contributed by atoms with Crippen LogP contribution in [-0.2, 0) is 9.59 Å². The van der Waals surface area contributed by atoms with E-state index < -0.39 is 10.2 Å². The molecule has 2 amide bonds. The zero-order valence-electron chi connectivity index (χ0n) is 18.3. The molecule has 2 heterocycles. The minimum Gasteiger partial charge on any atom is -0.496 e. The first-order valence-electron chi connectivity index (χ1n) is 10.3. The van der Waals surface area contributed by atoms with E-state index in [9.17, 15) is 19.7 Å². The Morgan fingerprint density at radius 1 is 1.26 bits per heavy atom. The summed E-state index contributed by atoms with van der Waals surface area (Å²) in [6.07, 6.45) is 1.35. The van der Waals surface area contributed by atoms with Gasteiger partial charge in [0.1, 0.15) is 22.5 Å². The lowest BCUT2D eigenvalue weighted by Gasteiger charge is -2.06. The van der Waals surface area contributed by atoms with E-state index in [4.69, 9.17) is 9.15 Å². The predicted octanol–water partition coefficient (Wildman–Crippen LogP) is 3.81. The summed E-state index contributed by atoms with van der Waals surface area (Å²) in [5.74, 6) is 0.498. The van der Waals surface area contributed by atoms with E-state index in [1.54, 1.807) is 36.4 Å². The van der Waals surface area contributed by atoms with Crippen LogP contribution in [-0.4, -0.2) is 40.5 Å². The smallest absolute Gasteiger partial charge is 0.273 e. The highest BCUT2D eigenvalue weighted by Crippen LogP contribution is 2.34. The molecular formula is C23H19N5O6S. The molecule has 2 N–H and O–H groups in total. The quantitative estimate of drug-likeness (QED) is 0.275. The Bertz CT molecular complexity index is 1320. The van der Waals surface area contributed by atoms with Crippen LogP contribution in [0.3, 0.4) is 0 Å². The molecule has 35 heavy (non-hydrogen) atoms. The van der Waals surface area contributed by atoms with Crippen molar-refractivity contribution in [3.05, 3.63) is 76.5 Å². The van der Waals surface area contributed by atoms with Gasteiger partial charge in [0.05, 0.1) is 29.9 Å². The Balaban J connectivity index is 1.37. The molecule has 2 aromatic carbocycles. The summed E-state index contributed by atoms with van der Waals surface area (Å²) in [5, 5.41) is 23.9. The number of rotatable bonds is 8. The maximum Gasteiger partial charge on any atom is 0.273 e. The SMILES string of the molecule is COc1cc([N+](=O)[O-])ccc1-c1ccc(/C=N\N=C2\NC(=O)[C@H](CC(=O)Nc3ccccc3)S2)o1. The lowest BCUT2D eigenvalue weighted by molar-refractivity contribution is -0.384. The number of nitro groups is 1. The number of hydrogen-bond donors (Lipinski definition) is 2. The Labute approximate surface area is 203 Å². The van der Waals surface area contributed by atoms with Crippen molar-refractivity contribution in [3.63, 3.8) is 0 Å². The molecule has 4 rings (SSSR count). The number of methoxy groups -OCH3 is 1. The van der Waals surface area contributed by atoms with Gasteiger partial charge in [-0.3, -0.25) is 19.7 Å². The number of nitro benzene ring substituents is 1. The number of benzene rings is 2. The van der Waals surface area contributed by atoms with Crippen molar-refractivity contribution in [1.29, 1.82) is 0 Å². The van der Waals surface area contributed by atoms with Crippen molar-refractivity contribution in [2.45, 2.75) is 11.7 Å². The lowest BCUT2D eigenvalue weighted by Crippen LogP contribution is -2.28. The molecule has 1 fully saturated rings. The number of thioether (sulfide) groups is 1. The molecule has 1 saturated heterocycles. The third-order valence-electron chi connectivity index (χ3n) is 4.83. The molecular weight excluding hydrogens is 474 g/mol. The van der Waals surface area contributed by atoms with Crippen LogP contribution in [0, 0.1) is 10.1 Å². The molecule has 178 valence electrons. The van der Waals surface area contributed by atoms with E-state index in [0.29, 0.717) is 28.5 Å². The first-order valence-corrected chi connectivity index (χ1v) is 11.2. The standard InChI is InChI=1S/C23H19N5O6S/c1-33-19-11-15(28(31)32)7-9-17(19)18-10-8-16(34-18)13-24-27-23-26-22(30)20(35-23)12-21(29)25-14-5-3-2-4-6-14/h2-11,13,20H,12H2,1H3,(H,25,29)(H,26,27,30)/b24-13-/t20-/m0/s1. The topological polar surface area (TPSA) is 148 Å². The third-order valence-corrected chi connectivity index (χ3v) is 5.90. The molecule has 1 atom stereocenters. The molecule has 0 saturated carbocycles. The molecule has 12 heteroatoms. The van der Waals surface area contributed by atoms with Gasteiger partial charge in [-0.15, -0.1) is 5.10 Å². The number of amides is 2. The Hall–Kier alpha value is -4.45. The van der Waals surface area contributed by atoms with E-state index in [1.807, 2.05) is 6.07 Å². The van der Waals surface area contributed by atoms with Crippen LogP contribution in [0.1, 0.15) is 12.2 Å². The van der Waals surface area contributed by atoms with Crippen molar-refractivity contribution >= 4 is 46.3 Å². The molecule has 0 spiro atoms. The molecule has 0 aliphatic carbocycles. The van der Waals surface area contributed by atoms with Crippen molar-refractivity contribution in [2.24, 2.45) is 10.2 Å². The first kappa shape index (κ1) is 23.7. The van der Waals surface area contributed by atoms with Crippen LogP contribution < -0.4 is 15.4 Å². The minimum absolute atomic E-state index is 0.00720. The fraction of sp³-hybridized carbons (Fsp3) is 0.130. The van der Waals surface area contributed by atoms with Gasteiger partial charge in [-0.2, -0.15) is 5.10 Å². The largest absolute Gasteiger partial charge is 0.496 e. The fourth-order valence-corrected chi connectivity index (χ4v) is 4.11. The second-order valence-electron chi connectivity index (χ2n) is 7.21. The second kappa shape index (κ2) is 10.7. The second-order valence-corrected chi connectivity index (χ2v) is 8.40. The summed E-state index contributed by atoms with van der Waals surface area (Å²) in [7, 11) is 1.41. The van der Waals surface area contributed by atoms with Gasteiger partial charge in [0.2, 0.25) is 11.8 Å². The lowest BCUT2D eigenvalue weighted by atomic mass is 10.1. The zero-order valence-corrected chi connectivity index (χ0v) is 19.2. The summed E-state index contributed by atoms with van der Waals surface area (Å²) in [6, 6.07) is 16.5. The summed E-state index contributed by atoms with van der Waals surface area (Å²) in [4.78, 5) is 34.8.